The molecule has 3 amide bonds. The summed E-state index contributed by atoms with van der Waals surface area (Å²) in [4.78, 5) is 38.2. The number of carbonyl (C=O) groups is 3. The molecule has 1 unspecified atom stereocenters. The second kappa shape index (κ2) is 8.49. The first-order valence-electron chi connectivity index (χ1n) is 9.15. The minimum atomic E-state index is -0.686. The van der Waals surface area contributed by atoms with Crippen molar-refractivity contribution in [3.05, 3.63) is 69.3 Å². The maximum atomic E-state index is 13.8. The number of amides is 3. The highest BCUT2D eigenvalue weighted by Gasteiger charge is 2.35. The highest BCUT2D eigenvalue weighted by molar-refractivity contribution is 8.18. The number of thioether (sulfide) groups is 1. The summed E-state index contributed by atoms with van der Waals surface area (Å²) < 4.78 is 19.4. The molecule has 2 aromatic carbocycles. The average molecular weight is 447 g/mol. The van der Waals surface area contributed by atoms with E-state index in [0.29, 0.717) is 17.2 Å². The second-order valence-electron chi connectivity index (χ2n) is 6.71. The topological polar surface area (TPSA) is 75.7 Å². The molecule has 4 rings (SSSR count). The molecule has 0 radical (unpaired) electrons. The third kappa shape index (κ3) is 4.20. The molecule has 1 atom stereocenters. The molecule has 2 heterocycles. The molecule has 2 aromatic rings. The van der Waals surface area contributed by atoms with Gasteiger partial charge in [-0.3, -0.25) is 19.3 Å². The molecule has 0 aliphatic carbocycles. The van der Waals surface area contributed by atoms with Crippen LogP contribution in [0.25, 0.3) is 6.08 Å². The van der Waals surface area contributed by atoms with Crippen molar-refractivity contribution in [2.24, 2.45) is 0 Å². The lowest BCUT2D eigenvalue weighted by Crippen LogP contribution is -2.42. The van der Waals surface area contributed by atoms with Crippen LogP contribution in [0.4, 0.5) is 9.18 Å². The molecule has 154 valence electrons. The van der Waals surface area contributed by atoms with Crippen LogP contribution in [0.2, 0.25) is 5.02 Å². The zero-order valence-electron chi connectivity index (χ0n) is 15.6. The molecule has 30 heavy (non-hydrogen) atoms. The van der Waals surface area contributed by atoms with Gasteiger partial charge in [-0.25, -0.2) is 4.39 Å². The van der Waals surface area contributed by atoms with Gasteiger partial charge in [-0.05, 0) is 47.7 Å². The number of halogens is 2. The van der Waals surface area contributed by atoms with Crippen molar-refractivity contribution in [3.8, 4) is 5.75 Å². The maximum Gasteiger partial charge on any atom is 0.293 e. The van der Waals surface area contributed by atoms with Gasteiger partial charge < -0.3 is 10.1 Å². The fourth-order valence-corrected chi connectivity index (χ4v) is 4.24. The summed E-state index contributed by atoms with van der Waals surface area (Å²) in [6, 6.07) is 11.2. The molecule has 9 heteroatoms. The molecule has 6 nitrogen and oxygen atoms in total. The van der Waals surface area contributed by atoms with Crippen LogP contribution in [-0.2, 0) is 16.0 Å². The molecular formula is C21H16ClFN2O4S. The average Bonchev–Trinajstić information content (AvgIpc) is 3.25. The highest BCUT2D eigenvalue weighted by Crippen LogP contribution is 2.33. The summed E-state index contributed by atoms with van der Waals surface area (Å²) in [6.07, 6.45) is 1.07. The zero-order valence-corrected chi connectivity index (χ0v) is 17.1. The zero-order chi connectivity index (χ0) is 21.3. The quantitative estimate of drug-likeness (QED) is 0.710. The largest absolute Gasteiger partial charge is 0.480 e. The standard InChI is InChI=1S/C21H16ClFN2O4S/c22-14-5-6-16-13(9-14)10-17(29-16)19(26)24-7-8-25-20(27)18(30-21(25)28)11-12-3-1-2-4-15(12)23/h1-6,9,11,17H,7-8,10H2,(H,24,26)/b18-11-. The molecule has 0 bridgehead atoms. The van der Waals surface area contributed by atoms with E-state index in [2.05, 4.69) is 5.32 Å². The predicted octanol–water partition coefficient (Wildman–Crippen LogP) is 3.64. The van der Waals surface area contributed by atoms with E-state index in [1.807, 2.05) is 0 Å². The number of hydrogen-bond acceptors (Lipinski definition) is 5. The Morgan fingerprint density at radius 1 is 1.30 bits per heavy atom. The van der Waals surface area contributed by atoms with Crippen LogP contribution in [0.3, 0.4) is 0 Å². The van der Waals surface area contributed by atoms with E-state index in [1.54, 1.807) is 30.3 Å². The van der Waals surface area contributed by atoms with E-state index in [1.165, 1.54) is 18.2 Å². The van der Waals surface area contributed by atoms with Gasteiger partial charge in [0, 0.05) is 30.1 Å². The normalized spacial score (nSPS) is 19.2. The Hall–Kier alpha value is -2.84. The summed E-state index contributed by atoms with van der Waals surface area (Å²) in [5.74, 6) is -0.711. The van der Waals surface area contributed by atoms with E-state index in [-0.39, 0.29) is 29.5 Å². The SMILES string of the molecule is O=C(NCCN1C(=O)S/C(=C\c2ccccc2F)C1=O)C1Cc2cc(Cl)ccc2O1. The molecule has 2 aliphatic rings. The fraction of sp³-hybridized carbons (Fsp3) is 0.190. The van der Waals surface area contributed by atoms with Crippen LogP contribution >= 0.6 is 23.4 Å². The van der Waals surface area contributed by atoms with Crippen LogP contribution < -0.4 is 10.1 Å². The predicted molar refractivity (Wildman–Crippen MR) is 112 cm³/mol. The fourth-order valence-electron chi connectivity index (χ4n) is 3.19. The van der Waals surface area contributed by atoms with E-state index in [9.17, 15) is 18.8 Å². The summed E-state index contributed by atoms with van der Waals surface area (Å²) in [6.45, 7) is 0.0946. The third-order valence-corrected chi connectivity index (χ3v) is 5.83. The van der Waals surface area contributed by atoms with Gasteiger partial charge in [0.2, 0.25) is 0 Å². The molecule has 2 aliphatic heterocycles. The number of carbonyl (C=O) groups excluding carboxylic acids is 3. The van der Waals surface area contributed by atoms with Gasteiger partial charge in [0.25, 0.3) is 17.1 Å². The third-order valence-electron chi connectivity index (χ3n) is 4.69. The molecule has 0 saturated carbocycles. The minimum absolute atomic E-state index is 0.0104. The lowest BCUT2D eigenvalue weighted by atomic mass is 10.1. The summed E-state index contributed by atoms with van der Waals surface area (Å²) in [7, 11) is 0. The minimum Gasteiger partial charge on any atom is -0.480 e. The number of rotatable bonds is 5. The van der Waals surface area contributed by atoms with Gasteiger partial charge in [-0.2, -0.15) is 0 Å². The number of benzene rings is 2. The van der Waals surface area contributed by atoms with Crippen molar-refractivity contribution in [3.63, 3.8) is 0 Å². The lowest BCUT2D eigenvalue weighted by Gasteiger charge is -2.15. The van der Waals surface area contributed by atoms with Crippen LogP contribution in [0.1, 0.15) is 11.1 Å². The van der Waals surface area contributed by atoms with Crippen LogP contribution in [0, 0.1) is 5.82 Å². The van der Waals surface area contributed by atoms with Gasteiger partial charge in [-0.15, -0.1) is 0 Å². The number of nitrogens with one attached hydrogen (secondary N) is 1. The van der Waals surface area contributed by atoms with Crippen molar-refractivity contribution >= 4 is 46.5 Å². The van der Waals surface area contributed by atoms with Crippen LogP contribution in [-0.4, -0.2) is 41.1 Å². The van der Waals surface area contributed by atoms with E-state index >= 15 is 0 Å². The first kappa shape index (κ1) is 20.4. The van der Waals surface area contributed by atoms with Gasteiger partial charge in [0.05, 0.1) is 4.91 Å². The maximum absolute atomic E-state index is 13.8. The van der Waals surface area contributed by atoms with Crippen molar-refractivity contribution in [2.45, 2.75) is 12.5 Å². The first-order chi connectivity index (χ1) is 14.4. The summed E-state index contributed by atoms with van der Waals surface area (Å²) in [5.41, 5.74) is 1.08. The Morgan fingerprint density at radius 2 is 2.10 bits per heavy atom. The molecule has 0 spiro atoms. The van der Waals surface area contributed by atoms with Crippen molar-refractivity contribution in [1.29, 1.82) is 0 Å². The number of hydrogen-bond donors (Lipinski definition) is 1. The molecule has 1 saturated heterocycles. The Kier molecular flexibility index (Phi) is 5.78. The lowest BCUT2D eigenvalue weighted by molar-refractivity contribution is -0.128. The number of fused-ring (bicyclic) bond motifs is 1. The molecule has 1 fully saturated rings. The summed E-state index contributed by atoms with van der Waals surface area (Å²) >= 11 is 6.70. The second-order valence-corrected chi connectivity index (χ2v) is 8.14. The van der Waals surface area contributed by atoms with Gasteiger partial charge >= 0.3 is 0 Å². The Labute approximate surface area is 181 Å². The van der Waals surface area contributed by atoms with Gasteiger partial charge in [-0.1, -0.05) is 29.8 Å². The first-order valence-corrected chi connectivity index (χ1v) is 10.3. The smallest absolute Gasteiger partial charge is 0.293 e. The number of imide groups is 1. The summed E-state index contributed by atoms with van der Waals surface area (Å²) in [5, 5.41) is 2.79. The van der Waals surface area contributed by atoms with Gasteiger partial charge in [0.15, 0.2) is 6.10 Å². The van der Waals surface area contributed by atoms with E-state index in [4.69, 9.17) is 16.3 Å². The van der Waals surface area contributed by atoms with E-state index < -0.39 is 23.1 Å². The van der Waals surface area contributed by atoms with Crippen LogP contribution in [0.5, 0.6) is 5.75 Å². The Balaban J connectivity index is 1.32. The van der Waals surface area contributed by atoms with Gasteiger partial charge in [0.1, 0.15) is 11.6 Å². The van der Waals surface area contributed by atoms with E-state index in [0.717, 1.165) is 22.2 Å². The van der Waals surface area contributed by atoms with Crippen molar-refractivity contribution < 1.29 is 23.5 Å². The highest BCUT2D eigenvalue weighted by atomic mass is 35.5. The Morgan fingerprint density at radius 3 is 2.90 bits per heavy atom. The molecule has 0 aromatic heterocycles. The molecule has 1 N–H and O–H groups in total. The monoisotopic (exact) mass is 446 g/mol. The number of ether oxygens (including phenoxy) is 1. The van der Waals surface area contributed by atoms with Crippen molar-refractivity contribution in [2.75, 3.05) is 13.1 Å². The van der Waals surface area contributed by atoms with Crippen molar-refractivity contribution in [1.82, 2.24) is 10.2 Å². The number of nitrogens with zero attached hydrogens (tertiary/aromatic N) is 1. The van der Waals surface area contributed by atoms with Crippen LogP contribution in [0.15, 0.2) is 47.4 Å². The molecular weight excluding hydrogens is 431 g/mol. The Bertz CT molecular complexity index is 1070.